The number of hydrogen-bond acceptors (Lipinski definition) is 4. The molecule has 0 radical (unpaired) electrons. The summed E-state index contributed by atoms with van der Waals surface area (Å²) in [6.07, 6.45) is -1.52. The number of fused-ring (bicyclic) bond motifs is 2. The molecule has 0 atom stereocenters. The summed E-state index contributed by atoms with van der Waals surface area (Å²) in [7, 11) is 0. The van der Waals surface area contributed by atoms with Crippen molar-refractivity contribution in [2.45, 2.75) is 12.7 Å². The number of nitrogens with one attached hydrogen (secondary N) is 1. The van der Waals surface area contributed by atoms with Crippen LogP contribution in [0, 0.1) is 5.82 Å². The van der Waals surface area contributed by atoms with Gasteiger partial charge in [-0.3, -0.25) is 9.59 Å². The molecule has 4 aromatic carbocycles. The third kappa shape index (κ3) is 5.65. The van der Waals surface area contributed by atoms with Crippen molar-refractivity contribution < 1.29 is 22.4 Å². The highest BCUT2D eigenvalue weighted by molar-refractivity contribution is 6.00. The summed E-state index contributed by atoms with van der Waals surface area (Å²) in [5, 5.41) is 8.01. The molecule has 2 aromatic heterocycles. The molecule has 6 aromatic rings. The molecule has 0 aliphatic rings. The van der Waals surface area contributed by atoms with Crippen LogP contribution in [0.3, 0.4) is 0 Å². The zero-order valence-corrected chi connectivity index (χ0v) is 22.2. The minimum atomic E-state index is -4.59. The molecule has 2 heterocycles. The van der Waals surface area contributed by atoms with Gasteiger partial charge in [0.1, 0.15) is 12.4 Å². The maximum Gasteiger partial charge on any atom is 0.416 e. The Bertz CT molecular complexity index is 2100. The van der Waals surface area contributed by atoms with Gasteiger partial charge in [0.15, 0.2) is 5.82 Å². The van der Waals surface area contributed by atoms with Gasteiger partial charge < -0.3 is 9.88 Å². The van der Waals surface area contributed by atoms with Crippen LogP contribution in [0.2, 0.25) is 0 Å². The molecule has 0 saturated heterocycles. The van der Waals surface area contributed by atoms with Crippen molar-refractivity contribution in [3.63, 3.8) is 0 Å². The van der Waals surface area contributed by atoms with Crippen molar-refractivity contribution in [2.75, 3.05) is 5.32 Å². The van der Waals surface area contributed by atoms with Crippen LogP contribution >= 0.6 is 0 Å². The maximum absolute atomic E-state index is 13.6. The predicted molar refractivity (Wildman–Crippen MR) is 156 cm³/mol. The lowest BCUT2D eigenvalue weighted by Crippen LogP contribution is -2.20. The summed E-state index contributed by atoms with van der Waals surface area (Å²) >= 11 is 0. The summed E-state index contributed by atoms with van der Waals surface area (Å²) in [5.74, 6) is -0.938. The summed E-state index contributed by atoms with van der Waals surface area (Å²) in [5.41, 5.74) is 0.478. The Morgan fingerprint density at radius 3 is 2.44 bits per heavy atom. The second-order valence-corrected chi connectivity index (χ2v) is 9.68. The molecule has 6 rings (SSSR count). The second-order valence-electron chi connectivity index (χ2n) is 9.68. The molecule has 7 nitrogen and oxygen atoms in total. The van der Waals surface area contributed by atoms with E-state index in [1.165, 1.54) is 36.5 Å². The van der Waals surface area contributed by atoms with Gasteiger partial charge in [0.2, 0.25) is 5.91 Å². The van der Waals surface area contributed by atoms with Gasteiger partial charge in [0, 0.05) is 33.9 Å². The SMILES string of the molecule is O=C(Cn1cc(C=Nn2c(-c3cccc(C(F)(F)F)c3)nc3ccccc3c2=O)c2ccccc21)Nc1cccc(F)c1. The molecule has 1 N–H and O–H groups in total. The largest absolute Gasteiger partial charge is 0.416 e. The molecule has 0 saturated carbocycles. The zero-order valence-electron chi connectivity index (χ0n) is 22.2. The highest BCUT2D eigenvalue weighted by Crippen LogP contribution is 2.32. The highest BCUT2D eigenvalue weighted by atomic mass is 19.4. The molecular weight excluding hydrogens is 562 g/mol. The molecular formula is C32H21F4N5O2. The van der Waals surface area contributed by atoms with E-state index in [0.29, 0.717) is 27.7 Å². The number of aromatic nitrogens is 3. The third-order valence-electron chi connectivity index (χ3n) is 6.76. The highest BCUT2D eigenvalue weighted by Gasteiger charge is 2.31. The van der Waals surface area contributed by atoms with Gasteiger partial charge in [-0.25, -0.2) is 9.37 Å². The van der Waals surface area contributed by atoms with Crippen molar-refractivity contribution in [1.29, 1.82) is 0 Å². The molecule has 0 bridgehead atoms. The number of alkyl halides is 3. The Balaban J connectivity index is 1.42. The Hall–Kier alpha value is -5.58. The first-order valence-electron chi connectivity index (χ1n) is 13.0. The normalized spacial score (nSPS) is 11.9. The number of amides is 1. The monoisotopic (exact) mass is 583 g/mol. The van der Waals surface area contributed by atoms with Gasteiger partial charge >= 0.3 is 6.18 Å². The van der Waals surface area contributed by atoms with Crippen LogP contribution in [0.4, 0.5) is 23.2 Å². The molecule has 0 aliphatic carbocycles. The van der Waals surface area contributed by atoms with E-state index in [-0.39, 0.29) is 23.3 Å². The van der Waals surface area contributed by atoms with Crippen LogP contribution in [0.1, 0.15) is 11.1 Å². The maximum atomic E-state index is 13.6. The predicted octanol–water partition coefficient (Wildman–Crippen LogP) is 6.70. The minimum absolute atomic E-state index is 0.0614. The van der Waals surface area contributed by atoms with Gasteiger partial charge in [-0.05, 0) is 48.5 Å². The van der Waals surface area contributed by atoms with E-state index >= 15 is 0 Å². The van der Waals surface area contributed by atoms with Crippen LogP contribution in [-0.4, -0.2) is 26.3 Å². The molecule has 0 spiro atoms. The number of hydrogen-bond donors (Lipinski definition) is 1. The quantitative estimate of drug-likeness (QED) is 0.175. The summed E-state index contributed by atoms with van der Waals surface area (Å²) in [4.78, 5) is 30.8. The van der Waals surface area contributed by atoms with E-state index in [2.05, 4.69) is 15.4 Å². The first-order valence-corrected chi connectivity index (χ1v) is 13.0. The van der Waals surface area contributed by atoms with Gasteiger partial charge in [0.05, 0.1) is 22.7 Å². The number of carbonyl (C=O) groups is 1. The summed E-state index contributed by atoms with van der Waals surface area (Å²) in [6, 6.07) is 23.8. The first kappa shape index (κ1) is 27.6. The fraction of sp³-hybridized carbons (Fsp3) is 0.0625. The van der Waals surface area contributed by atoms with Crippen LogP contribution in [-0.2, 0) is 17.5 Å². The molecule has 214 valence electrons. The number of rotatable bonds is 6. The lowest BCUT2D eigenvalue weighted by molar-refractivity contribution is -0.137. The van der Waals surface area contributed by atoms with Crippen LogP contribution < -0.4 is 10.9 Å². The Morgan fingerprint density at radius 2 is 1.65 bits per heavy atom. The van der Waals surface area contributed by atoms with Crippen molar-refractivity contribution in [2.24, 2.45) is 5.10 Å². The number of benzene rings is 4. The average molecular weight is 584 g/mol. The number of para-hydroxylation sites is 2. The van der Waals surface area contributed by atoms with Gasteiger partial charge in [0.25, 0.3) is 5.56 Å². The van der Waals surface area contributed by atoms with Gasteiger partial charge in [-0.15, -0.1) is 0 Å². The standard InChI is InChI=1S/C32H21F4N5O2/c33-23-9-6-10-24(16-23)38-29(42)19-40-18-21(25-11-2-4-14-28(25)40)17-37-41-30(20-7-5-8-22(15-20)32(34,35)36)39-27-13-3-1-12-26(27)31(41)43/h1-18H,19H2,(H,38,42). The topological polar surface area (TPSA) is 81.3 Å². The Labute approximate surface area is 241 Å². The van der Waals surface area contributed by atoms with E-state index < -0.39 is 29.0 Å². The van der Waals surface area contributed by atoms with E-state index in [0.717, 1.165) is 16.8 Å². The van der Waals surface area contributed by atoms with Crippen molar-refractivity contribution in [1.82, 2.24) is 14.2 Å². The van der Waals surface area contributed by atoms with Crippen molar-refractivity contribution in [3.8, 4) is 11.4 Å². The smallest absolute Gasteiger partial charge is 0.337 e. The van der Waals surface area contributed by atoms with Gasteiger partial charge in [-0.2, -0.15) is 22.9 Å². The van der Waals surface area contributed by atoms with E-state index in [1.807, 2.05) is 6.07 Å². The number of carbonyl (C=O) groups excluding carboxylic acids is 1. The number of halogens is 4. The van der Waals surface area contributed by atoms with E-state index in [9.17, 15) is 27.2 Å². The van der Waals surface area contributed by atoms with Gasteiger partial charge in [-0.1, -0.05) is 48.5 Å². The molecule has 11 heteroatoms. The summed E-state index contributed by atoms with van der Waals surface area (Å²) < 4.78 is 56.7. The van der Waals surface area contributed by atoms with E-state index in [4.69, 9.17) is 0 Å². The second kappa shape index (κ2) is 11.0. The fourth-order valence-corrected chi connectivity index (χ4v) is 4.80. The Kier molecular flexibility index (Phi) is 7.06. The lowest BCUT2D eigenvalue weighted by atomic mass is 10.1. The van der Waals surface area contributed by atoms with E-state index in [1.54, 1.807) is 59.3 Å². The molecule has 0 aliphatic heterocycles. The number of anilines is 1. The molecule has 0 fully saturated rings. The summed E-state index contributed by atoms with van der Waals surface area (Å²) in [6.45, 7) is -0.0994. The fourth-order valence-electron chi connectivity index (χ4n) is 4.80. The Morgan fingerprint density at radius 1 is 0.907 bits per heavy atom. The molecule has 0 unspecified atom stereocenters. The molecule has 43 heavy (non-hydrogen) atoms. The van der Waals surface area contributed by atoms with Crippen molar-refractivity contribution in [3.05, 3.63) is 131 Å². The lowest BCUT2D eigenvalue weighted by Gasteiger charge is -2.12. The zero-order chi connectivity index (χ0) is 30.1. The third-order valence-corrected chi connectivity index (χ3v) is 6.76. The van der Waals surface area contributed by atoms with Crippen LogP contribution in [0.15, 0.2) is 113 Å². The van der Waals surface area contributed by atoms with Crippen molar-refractivity contribution >= 4 is 39.6 Å². The number of nitrogens with zero attached hydrogens (tertiary/aromatic N) is 4. The first-order chi connectivity index (χ1) is 20.7. The average Bonchev–Trinajstić information content (AvgIpc) is 3.33. The van der Waals surface area contributed by atoms with Crippen LogP contribution in [0.25, 0.3) is 33.2 Å². The molecule has 1 amide bonds. The van der Waals surface area contributed by atoms with Crippen LogP contribution in [0.5, 0.6) is 0 Å². The minimum Gasteiger partial charge on any atom is -0.337 e.